The molecule has 3 N–H and O–H groups in total. The molecule has 0 heterocycles. The summed E-state index contributed by atoms with van der Waals surface area (Å²) in [6.07, 6.45) is 0. The van der Waals surface area contributed by atoms with Gasteiger partial charge in [0.15, 0.2) is 0 Å². The van der Waals surface area contributed by atoms with Gasteiger partial charge in [0.2, 0.25) is 5.91 Å². The number of nitrogens with one attached hydrogen (secondary N) is 1. The molecule has 1 aromatic carbocycles. The number of nitrogens with zero attached hydrogens (tertiary/aromatic N) is 1. The molecule has 0 saturated carbocycles. The number of benzene rings is 1. The van der Waals surface area contributed by atoms with Gasteiger partial charge in [-0.3, -0.25) is 9.69 Å². The molecule has 4 heteroatoms. The maximum absolute atomic E-state index is 11.3. The molecule has 0 saturated heterocycles. The number of amides is 1. The van der Waals surface area contributed by atoms with E-state index >= 15 is 0 Å². The van der Waals surface area contributed by atoms with E-state index in [1.807, 2.05) is 43.1 Å². The lowest BCUT2D eigenvalue weighted by molar-refractivity contribution is -0.121. The molecule has 1 rings (SSSR count). The third kappa shape index (κ3) is 4.31. The monoisotopic (exact) mass is 221 g/mol. The van der Waals surface area contributed by atoms with Crippen molar-refractivity contribution in [2.45, 2.75) is 13.5 Å². The molecule has 4 nitrogen and oxygen atoms in total. The fraction of sp³-hybridized carbons (Fsp3) is 0.417. The number of carbonyl (C=O) groups is 1. The molecule has 0 bridgehead atoms. The normalized spacial score (nSPS) is 10.4. The fourth-order valence-corrected chi connectivity index (χ4v) is 1.49. The minimum atomic E-state index is 0.0560. The van der Waals surface area contributed by atoms with Gasteiger partial charge < -0.3 is 11.1 Å². The number of hydrogen-bond donors (Lipinski definition) is 2. The Balaban J connectivity index is 2.42. The minimum Gasteiger partial charge on any atom is -0.399 e. The Morgan fingerprint density at radius 3 is 2.56 bits per heavy atom. The molecule has 0 aliphatic rings. The zero-order valence-electron chi connectivity index (χ0n) is 9.86. The van der Waals surface area contributed by atoms with Crippen molar-refractivity contribution in [2.75, 3.05) is 25.9 Å². The van der Waals surface area contributed by atoms with E-state index < -0.39 is 0 Å². The molecule has 0 aromatic heterocycles. The number of anilines is 1. The van der Waals surface area contributed by atoms with E-state index in [0.717, 1.165) is 17.8 Å². The maximum atomic E-state index is 11.3. The van der Waals surface area contributed by atoms with Crippen molar-refractivity contribution in [3.8, 4) is 0 Å². The maximum Gasteiger partial charge on any atom is 0.234 e. The highest BCUT2D eigenvalue weighted by Gasteiger charge is 2.05. The lowest BCUT2D eigenvalue weighted by Gasteiger charge is -2.16. The molecule has 1 amide bonds. The summed E-state index contributed by atoms with van der Waals surface area (Å²) in [5.41, 5.74) is 7.51. The number of nitrogen functional groups attached to an aromatic ring is 1. The minimum absolute atomic E-state index is 0.0560. The molecular formula is C12H19N3O. The Morgan fingerprint density at radius 1 is 1.38 bits per heavy atom. The first kappa shape index (κ1) is 12.5. The van der Waals surface area contributed by atoms with Gasteiger partial charge in [0.05, 0.1) is 6.54 Å². The number of nitrogens with two attached hydrogens (primary N) is 1. The van der Waals surface area contributed by atoms with Gasteiger partial charge in [0.25, 0.3) is 0 Å². The molecule has 0 aliphatic carbocycles. The highest BCUT2D eigenvalue weighted by Crippen LogP contribution is 2.07. The van der Waals surface area contributed by atoms with Crippen molar-refractivity contribution in [1.29, 1.82) is 0 Å². The lowest BCUT2D eigenvalue weighted by Crippen LogP contribution is -2.34. The quantitative estimate of drug-likeness (QED) is 0.724. The topological polar surface area (TPSA) is 58.4 Å². The number of rotatable bonds is 5. The molecule has 1 aromatic rings. The van der Waals surface area contributed by atoms with Gasteiger partial charge in [-0.05, 0) is 31.7 Å². The molecule has 0 aliphatic heterocycles. The van der Waals surface area contributed by atoms with Crippen molar-refractivity contribution in [3.05, 3.63) is 29.8 Å². The van der Waals surface area contributed by atoms with Crippen molar-refractivity contribution in [2.24, 2.45) is 0 Å². The first-order valence-corrected chi connectivity index (χ1v) is 5.41. The van der Waals surface area contributed by atoms with E-state index in [1.54, 1.807) is 0 Å². The van der Waals surface area contributed by atoms with Crippen LogP contribution in [0.2, 0.25) is 0 Å². The Bertz CT molecular complexity index is 335. The summed E-state index contributed by atoms with van der Waals surface area (Å²) in [5.74, 6) is 0.0560. The van der Waals surface area contributed by atoms with Crippen LogP contribution in [0.5, 0.6) is 0 Å². The van der Waals surface area contributed by atoms with Crippen LogP contribution < -0.4 is 11.1 Å². The van der Waals surface area contributed by atoms with Crippen LogP contribution in [-0.2, 0) is 11.3 Å². The van der Waals surface area contributed by atoms with Crippen LogP contribution in [0.4, 0.5) is 5.69 Å². The second-order valence-corrected chi connectivity index (χ2v) is 3.87. The van der Waals surface area contributed by atoms with E-state index in [4.69, 9.17) is 5.73 Å². The molecular weight excluding hydrogens is 202 g/mol. The van der Waals surface area contributed by atoms with Gasteiger partial charge in [-0.1, -0.05) is 12.1 Å². The smallest absolute Gasteiger partial charge is 0.234 e. The standard InChI is InChI=1S/C12H19N3O/c1-3-14-12(16)9-15(2)8-10-4-6-11(13)7-5-10/h4-7H,3,8-9,13H2,1-2H3,(H,14,16). The summed E-state index contributed by atoms with van der Waals surface area (Å²) in [6.45, 7) is 3.75. The van der Waals surface area contributed by atoms with Crippen molar-refractivity contribution in [1.82, 2.24) is 10.2 Å². The van der Waals surface area contributed by atoms with Crippen LogP contribution in [-0.4, -0.2) is 30.9 Å². The average molecular weight is 221 g/mol. The third-order valence-corrected chi connectivity index (χ3v) is 2.22. The number of likely N-dealkylation sites (N-methyl/N-ethyl adjacent to an activating group) is 2. The summed E-state index contributed by atoms with van der Waals surface area (Å²) in [5, 5.41) is 2.77. The molecule has 0 radical (unpaired) electrons. The first-order chi connectivity index (χ1) is 7.61. The van der Waals surface area contributed by atoms with Gasteiger partial charge in [-0.15, -0.1) is 0 Å². The van der Waals surface area contributed by atoms with Gasteiger partial charge in [-0.2, -0.15) is 0 Å². The highest BCUT2D eigenvalue weighted by atomic mass is 16.1. The van der Waals surface area contributed by atoms with Crippen LogP contribution in [0, 0.1) is 0 Å². The molecule has 0 atom stereocenters. The van der Waals surface area contributed by atoms with Crippen molar-refractivity contribution >= 4 is 11.6 Å². The number of hydrogen-bond acceptors (Lipinski definition) is 3. The van der Waals surface area contributed by atoms with E-state index in [9.17, 15) is 4.79 Å². The number of carbonyl (C=O) groups excluding carboxylic acids is 1. The first-order valence-electron chi connectivity index (χ1n) is 5.41. The Morgan fingerprint density at radius 2 is 2.00 bits per heavy atom. The predicted octanol–water partition coefficient (Wildman–Crippen LogP) is 0.837. The van der Waals surface area contributed by atoms with Crippen LogP contribution >= 0.6 is 0 Å². The van der Waals surface area contributed by atoms with E-state index in [1.165, 1.54) is 0 Å². The van der Waals surface area contributed by atoms with Crippen molar-refractivity contribution < 1.29 is 4.79 Å². The average Bonchev–Trinajstić information content (AvgIpc) is 2.21. The molecule has 0 spiro atoms. The Hall–Kier alpha value is -1.55. The van der Waals surface area contributed by atoms with E-state index in [-0.39, 0.29) is 5.91 Å². The van der Waals surface area contributed by atoms with E-state index in [0.29, 0.717) is 13.1 Å². The van der Waals surface area contributed by atoms with E-state index in [2.05, 4.69) is 5.32 Å². The Kier molecular flexibility index (Phi) is 4.79. The third-order valence-electron chi connectivity index (χ3n) is 2.22. The summed E-state index contributed by atoms with van der Waals surface area (Å²) in [7, 11) is 1.92. The second kappa shape index (κ2) is 6.12. The van der Waals surface area contributed by atoms with Crippen molar-refractivity contribution in [3.63, 3.8) is 0 Å². The molecule has 16 heavy (non-hydrogen) atoms. The zero-order valence-corrected chi connectivity index (χ0v) is 9.86. The predicted molar refractivity (Wildman–Crippen MR) is 65.9 cm³/mol. The van der Waals surface area contributed by atoms with Gasteiger partial charge in [0, 0.05) is 18.8 Å². The van der Waals surface area contributed by atoms with Gasteiger partial charge >= 0.3 is 0 Å². The van der Waals surface area contributed by atoms with Gasteiger partial charge in [-0.25, -0.2) is 0 Å². The summed E-state index contributed by atoms with van der Waals surface area (Å²) in [6, 6.07) is 7.69. The van der Waals surface area contributed by atoms with Crippen LogP contribution in [0.1, 0.15) is 12.5 Å². The van der Waals surface area contributed by atoms with Gasteiger partial charge in [0.1, 0.15) is 0 Å². The molecule has 0 unspecified atom stereocenters. The summed E-state index contributed by atoms with van der Waals surface area (Å²) >= 11 is 0. The fourth-order valence-electron chi connectivity index (χ4n) is 1.49. The zero-order chi connectivity index (χ0) is 12.0. The lowest BCUT2D eigenvalue weighted by atomic mass is 10.2. The second-order valence-electron chi connectivity index (χ2n) is 3.87. The summed E-state index contributed by atoms with van der Waals surface area (Å²) in [4.78, 5) is 13.3. The highest BCUT2D eigenvalue weighted by molar-refractivity contribution is 5.77. The van der Waals surface area contributed by atoms with Crippen LogP contribution in [0.25, 0.3) is 0 Å². The largest absolute Gasteiger partial charge is 0.399 e. The molecule has 88 valence electrons. The molecule has 0 fully saturated rings. The van der Waals surface area contributed by atoms with Crippen LogP contribution in [0.15, 0.2) is 24.3 Å². The van der Waals surface area contributed by atoms with Crippen LogP contribution in [0.3, 0.4) is 0 Å². The summed E-state index contributed by atoms with van der Waals surface area (Å²) < 4.78 is 0. The Labute approximate surface area is 96.4 Å². The SMILES string of the molecule is CCNC(=O)CN(C)Cc1ccc(N)cc1.